The second-order valence-electron chi connectivity index (χ2n) is 5.60. The van der Waals surface area contributed by atoms with Gasteiger partial charge in [0.25, 0.3) is 0 Å². The fraction of sp³-hybridized carbons (Fsp3) is 0.500. The summed E-state index contributed by atoms with van der Waals surface area (Å²) in [7, 11) is 13.1. The Morgan fingerprint density at radius 2 is 0.542 bits per heavy atom. The lowest BCUT2D eigenvalue weighted by atomic mass is 10.4. The van der Waals surface area contributed by atoms with Crippen molar-refractivity contribution in [1.29, 1.82) is 0 Å². The first-order valence-electron chi connectivity index (χ1n) is 7.11. The van der Waals surface area contributed by atoms with Crippen LogP contribution in [0.1, 0.15) is 0 Å². The Kier molecular flexibility index (Phi) is 11.7. The fourth-order valence-electron chi connectivity index (χ4n) is 0.881. The largest absolute Gasteiger partial charge is 0.345 e. The van der Waals surface area contributed by atoms with Crippen LogP contribution >= 0.6 is 0 Å². The molecular weight excluding hydrogens is 312 g/mol. The van der Waals surface area contributed by atoms with Gasteiger partial charge in [-0.3, -0.25) is 19.2 Å². The zero-order chi connectivity index (χ0) is 19.4. The number of carbonyl (C=O) groups is 4. The summed E-state index contributed by atoms with van der Waals surface area (Å²) in [6.07, 6.45) is 5.01. The van der Waals surface area contributed by atoms with Gasteiger partial charge >= 0.3 is 0 Å². The Hall–Kier alpha value is -2.64. The summed E-state index contributed by atoms with van der Waals surface area (Å²) in [5.41, 5.74) is 0. The average molecular weight is 340 g/mol. The second-order valence-corrected chi connectivity index (χ2v) is 5.60. The van der Waals surface area contributed by atoms with Gasteiger partial charge < -0.3 is 19.6 Å². The lowest BCUT2D eigenvalue weighted by Gasteiger charge is -2.07. The number of hydrogen-bond acceptors (Lipinski definition) is 4. The molecule has 0 atom stereocenters. The molecule has 0 aromatic heterocycles. The summed E-state index contributed by atoms with van der Waals surface area (Å²) >= 11 is 0. The number of nitrogens with zero attached hydrogens (tertiary/aromatic N) is 4. The van der Waals surface area contributed by atoms with Gasteiger partial charge in [0.2, 0.25) is 23.6 Å². The predicted octanol–water partition coefficient (Wildman–Crippen LogP) is -0.562. The van der Waals surface area contributed by atoms with Crippen molar-refractivity contribution in [2.75, 3.05) is 56.4 Å². The van der Waals surface area contributed by atoms with Crippen molar-refractivity contribution in [2.24, 2.45) is 0 Å². The Morgan fingerprint density at radius 1 is 0.417 bits per heavy atom. The molecule has 0 N–H and O–H groups in total. The summed E-state index contributed by atoms with van der Waals surface area (Å²) in [4.78, 5) is 49.4. The number of rotatable bonds is 4. The van der Waals surface area contributed by atoms with Gasteiger partial charge in [-0.1, -0.05) is 0 Å². The van der Waals surface area contributed by atoms with E-state index in [1.54, 1.807) is 56.4 Å². The molecule has 0 aliphatic carbocycles. The van der Waals surface area contributed by atoms with Crippen molar-refractivity contribution in [1.82, 2.24) is 19.6 Å². The van der Waals surface area contributed by atoms with Gasteiger partial charge in [0.15, 0.2) is 0 Å². The third-order valence-corrected chi connectivity index (χ3v) is 2.50. The first-order valence-corrected chi connectivity index (χ1v) is 7.11. The highest BCUT2D eigenvalue weighted by molar-refractivity contribution is 5.96. The van der Waals surface area contributed by atoms with E-state index in [0.717, 1.165) is 0 Å². The molecule has 0 fully saturated rings. The molecule has 0 saturated carbocycles. The molecule has 0 aliphatic heterocycles. The summed E-state index contributed by atoms with van der Waals surface area (Å²) in [5, 5.41) is 0. The topological polar surface area (TPSA) is 81.2 Å². The van der Waals surface area contributed by atoms with Crippen LogP contribution in [0.4, 0.5) is 0 Å². The Morgan fingerprint density at radius 3 is 0.625 bits per heavy atom. The van der Waals surface area contributed by atoms with Gasteiger partial charge in [-0.25, -0.2) is 0 Å². The minimum atomic E-state index is -0.190. The quantitative estimate of drug-likeness (QED) is 0.643. The van der Waals surface area contributed by atoms with Crippen molar-refractivity contribution in [3.63, 3.8) is 0 Å². The van der Waals surface area contributed by atoms with Gasteiger partial charge in [0.05, 0.1) is 0 Å². The molecule has 4 amide bonds. The molecule has 136 valence electrons. The SMILES string of the molecule is CN(C)C(=O)/C=C\C(=O)N(C)C.CN(C)C(=O)/C=C\C(=O)N(C)C. The molecule has 0 heterocycles. The minimum absolute atomic E-state index is 0.190. The van der Waals surface area contributed by atoms with E-state index in [2.05, 4.69) is 0 Å². The molecular formula is C16H28N4O4. The molecule has 0 bridgehead atoms. The molecule has 8 heteroatoms. The van der Waals surface area contributed by atoms with Crippen LogP contribution in [0.5, 0.6) is 0 Å². The zero-order valence-electron chi connectivity index (χ0n) is 15.7. The fourth-order valence-corrected chi connectivity index (χ4v) is 0.881. The van der Waals surface area contributed by atoms with E-state index in [-0.39, 0.29) is 23.6 Å². The predicted molar refractivity (Wildman–Crippen MR) is 93.1 cm³/mol. The number of likely N-dealkylation sites (N-methyl/N-ethyl adjacent to an activating group) is 4. The molecule has 0 aromatic rings. The maximum Gasteiger partial charge on any atom is 0.246 e. The first-order chi connectivity index (χ1) is 10.9. The third-order valence-electron chi connectivity index (χ3n) is 2.50. The van der Waals surface area contributed by atoms with E-state index in [9.17, 15) is 19.2 Å². The van der Waals surface area contributed by atoms with Crippen LogP contribution in [0.2, 0.25) is 0 Å². The van der Waals surface area contributed by atoms with Crippen LogP contribution in [0.25, 0.3) is 0 Å². The normalized spacial score (nSPS) is 10.0. The summed E-state index contributed by atoms with van der Waals surface area (Å²) in [6, 6.07) is 0. The van der Waals surface area contributed by atoms with E-state index in [0.29, 0.717) is 0 Å². The number of carbonyl (C=O) groups excluding carboxylic acids is 4. The Balaban J connectivity index is 0. The molecule has 0 radical (unpaired) electrons. The van der Waals surface area contributed by atoms with Crippen molar-refractivity contribution >= 4 is 23.6 Å². The molecule has 0 saturated heterocycles. The Bertz CT molecular complexity index is 416. The van der Waals surface area contributed by atoms with Crippen LogP contribution in [-0.2, 0) is 19.2 Å². The second kappa shape index (κ2) is 11.9. The van der Waals surface area contributed by atoms with Gasteiger partial charge in [-0.2, -0.15) is 0 Å². The average Bonchev–Trinajstić information content (AvgIpc) is 2.49. The zero-order valence-corrected chi connectivity index (χ0v) is 15.7. The van der Waals surface area contributed by atoms with Crippen LogP contribution in [0.15, 0.2) is 24.3 Å². The molecule has 8 nitrogen and oxygen atoms in total. The van der Waals surface area contributed by atoms with Crippen LogP contribution < -0.4 is 0 Å². The van der Waals surface area contributed by atoms with Crippen LogP contribution in [0, 0.1) is 0 Å². The van der Waals surface area contributed by atoms with E-state index in [1.165, 1.54) is 43.9 Å². The van der Waals surface area contributed by atoms with Crippen molar-refractivity contribution in [3.05, 3.63) is 24.3 Å². The summed E-state index contributed by atoms with van der Waals surface area (Å²) in [5.74, 6) is -0.759. The molecule has 0 aromatic carbocycles. The van der Waals surface area contributed by atoms with E-state index in [4.69, 9.17) is 0 Å². The molecule has 0 aliphatic rings. The summed E-state index contributed by atoms with van der Waals surface area (Å²) in [6.45, 7) is 0. The maximum atomic E-state index is 10.9. The highest BCUT2D eigenvalue weighted by Gasteiger charge is 2.01. The van der Waals surface area contributed by atoms with E-state index in [1.807, 2.05) is 0 Å². The lowest BCUT2D eigenvalue weighted by molar-refractivity contribution is -0.125. The summed E-state index contributed by atoms with van der Waals surface area (Å²) < 4.78 is 0. The number of amides is 4. The van der Waals surface area contributed by atoms with Gasteiger partial charge in [0, 0.05) is 80.7 Å². The van der Waals surface area contributed by atoms with Crippen molar-refractivity contribution in [3.8, 4) is 0 Å². The smallest absolute Gasteiger partial charge is 0.246 e. The highest BCUT2D eigenvalue weighted by Crippen LogP contribution is 1.86. The van der Waals surface area contributed by atoms with Crippen molar-refractivity contribution in [2.45, 2.75) is 0 Å². The van der Waals surface area contributed by atoms with Gasteiger partial charge in [0.1, 0.15) is 0 Å². The number of hydrogen-bond donors (Lipinski definition) is 0. The van der Waals surface area contributed by atoms with Crippen LogP contribution in [0.3, 0.4) is 0 Å². The van der Waals surface area contributed by atoms with Gasteiger partial charge in [-0.05, 0) is 0 Å². The molecule has 0 rings (SSSR count). The van der Waals surface area contributed by atoms with Crippen molar-refractivity contribution < 1.29 is 19.2 Å². The first kappa shape index (κ1) is 23.6. The Labute approximate surface area is 144 Å². The molecule has 0 spiro atoms. The monoisotopic (exact) mass is 340 g/mol. The van der Waals surface area contributed by atoms with Gasteiger partial charge in [-0.15, -0.1) is 0 Å². The maximum absolute atomic E-state index is 10.9. The molecule has 24 heavy (non-hydrogen) atoms. The minimum Gasteiger partial charge on any atom is -0.345 e. The standard InChI is InChI=1S/2C8H14N2O2/c2*1-9(2)7(11)5-6-8(12)10(3)4/h2*5-6H,1-4H3/b2*6-5-. The highest BCUT2D eigenvalue weighted by atomic mass is 16.2. The van der Waals surface area contributed by atoms with Crippen LogP contribution in [-0.4, -0.2) is 99.6 Å². The molecule has 0 unspecified atom stereocenters. The van der Waals surface area contributed by atoms with E-state index >= 15 is 0 Å². The third kappa shape index (κ3) is 12.0. The van der Waals surface area contributed by atoms with E-state index < -0.39 is 0 Å². The lowest BCUT2D eigenvalue weighted by Crippen LogP contribution is -2.22.